The molecule has 0 saturated heterocycles. The number of anilines is 1. The fraction of sp³-hybridized carbons (Fsp3) is 0.538. The van der Waals surface area contributed by atoms with Gasteiger partial charge in [0.05, 0.1) is 23.2 Å². The maximum Gasteiger partial charge on any atom is 0.0585 e. The normalized spacial score (nSPS) is 12.6. The number of benzene rings is 1. The minimum absolute atomic E-state index is 0.536. The van der Waals surface area contributed by atoms with Gasteiger partial charge in [0.1, 0.15) is 0 Å². The van der Waals surface area contributed by atoms with E-state index in [-0.39, 0.29) is 0 Å². The van der Waals surface area contributed by atoms with E-state index in [9.17, 15) is 4.21 Å². The number of hydrogen-bond donors (Lipinski definition) is 1. The van der Waals surface area contributed by atoms with Gasteiger partial charge in [0, 0.05) is 17.2 Å². The van der Waals surface area contributed by atoms with Crippen molar-refractivity contribution in [2.75, 3.05) is 24.7 Å². The van der Waals surface area contributed by atoms with Crippen LogP contribution in [0.3, 0.4) is 0 Å². The van der Waals surface area contributed by atoms with Crippen molar-refractivity contribution in [3.63, 3.8) is 0 Å². The van der Waals surface area contributed by atoms with E-state index in [1.54, 1.807) is 0 Å². The van der Waals surface area contributed by atoms with Crippen LogP contribution in [0.4, 0.5) is 5.69 Å². The average molecular weight is 255 g/mol. The third-order valence-electron chi connectivity index (χ3n) is 2.63. The highest BCUT2D eigenvalue weighted by molar-refractivity contribution is 7.85. The fourth-order valence-corrected chi connectivity index (χ4v) is 2.65. The zero-order valence-corrected chi connectivity index (χ0v) is 11.4. The summed E-state index contributed by atoms with van der Waals surface area (Å²) < 4.78 is 17.4. The number of unbranched alkanes of at least 4 members (excludes halogenated alkanes) is 1. The van der Waals surface area contributed by atoms with E-state index in [4.69, 9.17) is 10.5 Å². The largest absolute Gasteiger partial charge is 0.398 e. The molecular weight excluding hydrogens is 234 g/mol. The zero-order chi connectivity index (χ0) is 12.7. The first-order valence-electron chi connectivity index (χ1n) is 5.98. The molecule has 96 valence electrons. The van der Waals surface area contributed by atoms with Crippen molar-refractivity contribution in [2.24, 2.45) is 0 Å². The molecule has 17 heavy (non-hydrogen) atoms. The molecule has 1 aromatic rings. The Balaban J connectivity index is 2.44. The van der Waals surface area contributed by atoms with Crippen LogP contribution in [0.2, 0.25) is 0 Å². The van der Waals surface area contributed by atoms with Crippen molar-refractivity contribution in [1.82, 2.24) is 0 Å². The zero-order valence-electron chi connectivity index (χ0n) is 10.6. The number of hydrogen-bond acceptors (Lipinski definition) is 3. The average Bonchev–Trinajstić information content (AvgIpc) is 2.32. The van der Waals surface area contributed by atoms with Gasteiger partial charge in [-0.1, -0.05) is 19.4 Å². The summed E-state index contributed by atoms with van der Waals surface area (Å²) in [7, 11) is -1.02. The summed E-state index contributed by atoms with van der Waals surface area (Å²) in [5.74, 6) is 0.536. The summed E-state index contributed by atoms with van der Waals surface area (Å²) >= 11 is 0. The van der Waals surface area contributed by atoms with E-state index in [1.165, 1.54) is 0 Å². The van der Waals surface area contributed by atoms with Crippen molar-refractivity contribution in [3.8, 4) is 0 Å². The van der Waals surface area contributed by atoms with Crippen LogP contribution in [-0.2, 0) is 15.5 Å². The van der Waals surface area contributed by atoms with E-state index in [1.807, 2.05) is 25.1 Å². The highest BCUT2D eigenvalue weighted by Gasteiger charge is 2.08. The molecule has 1 atom stereocenters. The highest BCUT2D eigenvalue weighted by Crippen LogP contribution is 2.18. The van der Waals surface area contributed by atoms with Gasteiger partial charge in [0.2, 0.25) is 0 Å². The van der Waals surface area contributed by atoms with Gasteiger partial charge in [-0.05, 0) is 31.0 Å². The molecule has 1 rings (SSSR count). The number of nitrogen functional groups attached to an aromatic ring is 1. The summed E-state index contributed by atoms with van der Waals surface area (Å²) in [4.78, 5) is 0.823. The third-order valence-corrected chi connectivity index (χ3v) is 4.10. The lowest BCUT2D eigenvalue weighted by molar-refractivity contribution is 0.146. The number of rotatable bonds is 7. The molecule has 1 aromatic carbocycles. The van der Waals surface area contributed by atoms with E-state index >= 15 is 0 Å². The smallest absolute Gasteiger partial charge is 0.0585 e. The molecule has 0 aliphatic heterocycles. The summed E-state index contributed by atoms with van der Waals surface area (Å²) in [5.41, 5.74) is 7.40. The van der Waals surface area contributed by atoms with Crippen LogP contribution in [0.25, 0.3) is 0 Å². The SMILES string of the molecule is CCCCOCCS(=O)c1cccc(N)c1C. The summed E-state index contributed by atoms with van der Waals surface area (Å²) in [5, 5.41) is 0. The molecule has 0 fully saturated rings. The predicted octanol–water partition coefficient (Wildman–Crippen LogP) is 2.50. The van der Waals surface area contributed by atoms with E-state index in [2.05, 4.69) is 6.92 Å². The lowest BCUT2D eigenvalue weighted by atomic mass is 10.2. The van der Waals surface area contributed by atoms with Crippen LogP contribution >= 0.6 is 0 Å². The molecule has 0 spiro atoms. The summed E-state index contributed by atoms with van der Waals surface area (Å²) in [6.07, 6.45) is 2.18. The maximum atomic E-state index is 12.0. The number of nitrogens with two attached hydrogens (primary N) is 1. The predicted molar refractivity (Wildman–Crippen MR) is 72.6 cm³/mol. The van der Waals surface area contributed by atoms with Crippen LogP contribution in [-0.4, -0.2) is 23.2 Å². The van der Waals surface area contributed by atoms with Crippen molar-refractivity contribution in [1.29, 1.82) is 0 Å². The third kappa shape index (κ3) is 4.48. The Morgan fingerprint density at radius 3 is 2.82 bits per heavy atom. The van der Waals surface area contributed by atoms with E-state index < -0.39 is 10.8 Å². The molecule has 0 heterocycles. The molecule has 3 nitrogen and oxygen atoms in total. The topological polar surface area (TPSA) is 52.3 Å². The van der Waals surface area contributed by atoms with E-state index in [0.29, 0.717) is 18.0 Å². The van der Waals surface area contributed by atoms with Gasteiger partial charge < -0.3 is 10.5 Å². The second-order valence-electron chi connectivity index (χ2n) is 3.99. The lowest BCUT2D eigenvalue weighted by Crippen LogP contribution is -2.09. The maximum absolute atomic E-state index is 12.0. The van der Waals surface area contributed by atoms with Crippen molar-refractivity contribution >= 4 is 16.5 Å². The molecule has 0 aromatic heterocycles. The number of ether oxygens (including phenoxy) is 1. The quantitative estimate of drug-likeness (QED) is 0.601. The molecule has 0 bridgehead atoms. The Hall–Kier alpha value is -0.870. The molecule has 0 saturated carbocycles. The Labute approximate surface area is 106 Å². The standard InChI is InChI=1S/C13H21NO2S/c1-3-4-8-16-9-10-17(15)13-7-5-6-12(14)11(13)2/h5-7H,3-4,8-10,14H2,1-2H3. The van der Waals surface area contributed by atoms with Crippen molar-refractivity contribution in [2.45, 2.75) is 31.6 Å². The molecule has 4 heteroatoms. The molecule has 2 N–H and O–H groups in total. The van der Waals surface area contributed by atoms with Gasteiger partial charge in [-0.25, -0.2) is 0 Å². The first kappa shape index (κ1) is 14.2. The molecule has 0 aliphatic carbocycles. The van der Waals surface area contributed by atoms with Crippen LogP contribution < -0.4 is 5.73 Å². The van der Waals surface area contributed by atoms with Crippen molar-refractivity contribution in [3.05, 3.63) is 23.8 Å². The first-order chi connectivity index (χ1) is 8.16. The molecule has 0 radical (unpaired) electrons. The molecular formula is C13H21NO2S. The van der Waals surface area contributed by atoms with Crippen LogP contribution in [0.5, 0.6) is 0 Å². The minimum Gasteiger partial charge on any atom is -0.398 e. The Morgan fingerprint density at radius 2 is 2.12 bits per heavy atom. The fourth-order valence-electron chi connectivity index (χ4n) is 1.47. The summed E-state index contributed by atoms with van der Waals surface area (Å²) in [6, 6.07) is 5.54. The van der Waals surface area contributed by atoms with Crippen LogP contribution in [0.15, 0.2) is 23.1 Å². The minimum atomic E-state index is -1.02. The Kier molecular flexibility index (Phi) is 6.22. The van der Waals surface area contributed by atoms with Gasteiger partial charge in [0.25, 0.3) is 0 Å². The monoisotopic (exact) mass is 255 g/mol. The highest BCUT2D eigenvalue weighted by atomic mass is 32.2. The Bertz CT molecular complexity index is 380. The first-order valence-corrected chi connectivity index (χ1v) is 7.30. The molecule has 0 aliphatic rings. The Morgan fingerprint density at radius 1 is 1.35 bits per heavy atom. The van der Waals surface area contributed by atoms with Crippen LogP contribution in [0.1, 0.15) is 25.3 Å². The van der Waals surface area contributed by atoms with Gasteiger partial charge in [-0.3, -0.25) is 4.21 Å². The molecule has 1 unspecified atom stereocenters. The molecule has 0 amide bonds. The lowest BCUT2D eigenvalue weighted by Gasteiger charge is -2.08. The summed E-state index contributed by atoms with van der Waals surface area (Å²) in [6.45, 7) is 5.32. The second kappa shape index (κ2) is 7.45. The second-order valence-corrected chi connectivity index (χ2v) is 5.53. The van der Waals surface area contributed by atoms with Crippen LogP contribution in [0, 0.1) is 6.92 Å². The van der Waals surface area contributed by atoms with Gasteiger partial charge in [0.15, 0.2) is 0 Å². The van der Waals surface area contributed by atoms with Gasteiger partial charge >= 0.3 is 0 Å². The van der Waals surface area contributed by atoms with Crippen molar-refractivity contribution < 1.29 is 8.95 Å². The van der Waals surface area contributed by atoms with Gasteiger partial charge in [-0.15, -0.1) is 0 Å². The van der Waals surface area contributed by atoms with Gasteiger partial charge in [-0.2, -0.15) is 0 Å². The van der Waals surface area contributed by atoms with E-state index in [0.717, 1.165) is 29.9 Å².